The maximum Gasteiger partial charge on any atom is 0.416 e. The molecule has 0 radical (unpaired) electrons. The lowest BCUT2D eigenvalue weighted by molar-refractivity contribution is -0.137. The van der Waals surface area contributed by atoms with Crippen molar-refractivity contribution in [3.8, 4) is 16.9 Å². The second kappa shape index (κ2) is 5.61. The van der Waals surface area contributed by atoms with Crippen LogP contribution in [0, 0.1) is 5.82 Å². The largest absolute Gasteiger partial charge is 0.416 e. The zero-order valence-corrected chi connectivity index (χ0v) is 12.9. The van der Waals surface area contributed by atoms with E-state index in [1.54, 1.807) is 16.8 Å². The fraction of sp³-hybridized carbons (Fsp3) is 0.167. The van der Waals surface area contributed by atoms with E-state index in [1.165, 1.54) is 24.3 Å². The zero-order chi connectivity index (χ0) is 17.6. The third kappa shape index (κ3) is 2.75. The molecule has 3 nitrogen and oxygen atoms in total. The fourth-order valence-electron chi connectivity index (χ4n) is 3.02. The molecule has 0 spiro atoms. The van der Waals surface area contributed by atoms with Crippen LogP contribution in [0.1, 0.15) is 11.1 Å². The number of anilines is 1. The molecule has 3 aromatic rings. The molecule has 1 aliphatic rings. The van der Waals surface area contributed by atoms with Gasteiger partial charge in [0.25, 0.3) is 0 Å². The molecule has 7 heteroatoms. The first kappa shape index (κ1) is 15.7. The standard InChI is InChI=1S/C18H13F4N3/c19-13-3-1-2-11(10-13)16-15-8-9-23-17(15)25(24-16)14-6-4-12(5-7-14)18(20,21)22/h1-7,10,23H,8-9H2. The van der Waals surface area contributed by atoms with Gasteiger partial charge in [-0.1, -0.05) is 12.1 Å². The molecule has 0 atom stereocenters. The Hall–Kier alpha value is -2.83. The van der Waals surface area contributed by atoms with E-state index in [2.05, 4.69) is 10.4 Å². The minimum atomic E-state index is -4.38. The van der Waals surface area contributed by atoms with Crippen molar-refractivity contribution in [2.24, 2.45) is 0 Å². The van der Waals surface area contributed by atoms with E-state index in [-0.39, 0.29) is 5.82 Å². The molecule has 0 fully saturated rings. The summed E-state index contributed by atoms with van der Waals surface area (Å²) < 4.78 is 53.3. The Balaban J connectivity index is 1.80. The number of hydrogen-bond acceptors (Lipinski definition) is 2. The summed E-state index contributed by atoms with van der Waals surface area (Å²) in [5.74, 6) is 0.375. The molecular formula is C18H13F4N3. The first-order chi connectivity index (χ1) is 11.9. The van der Waals surface area contributed by atoms with E-state index >= 15 is 0 Å². The van der Waals surface area contributed by atoms with Gasteiger partial charge >= 0.3 is 6.18 Å². The monoisotopic (exact) mass is 347 g/mol. The Labute approximate surface area is 140 Å². The number of fused-ring (bicyclic) bond motifs is 1. The lowest BCUT2D eigenvalue weighted by Crippen LogP contribution is -2.07. The number of hydrogen-bond donors (Lipinski definition) is 1. The molecule has 4 rings (SSSR count). The third-order valence-corrected chi connectivity index (χ3v) is 4.19. The summed E-state index contributed by atoms with van der Waals surface area (Å²) in [7, 11) is 0. The van der Waals surface area contributed by atoms with Crippen LogP contribution >= 0.6 is 0 Å². The van der Waals surface area contributed by atoms with Crippen molar-refractivity contribution in [2.45, 2.75) is 12.6 Å². The third-order valence-electron chi connectivity index (χ3n) is 4.19. The van der Waals surface area contributed by atoms with Crippen LogP contribution in [0.15, 0.2) is 48.5 Å². The molecule has 25 heavy (non-hydrogen) atoms. The van der Waals surface area contributed by atoms with Gasteiger partial charge in [0, 0.05) is 17.7 Å². The predicted molar refractivity (Wildman–Crippen MR) is 86.2 cm³/mol. The number of nitrogens with zero attached hydrogens (tertiary/aromatic N) is 2. The lowest BCUT2D eigenvalue weighted by atomic mass is 10.1. The maximum atomic E-state index is 13.5. The highest BCUT2D eigenvalue weighted by Crippen LogP contribution is 2.35. The van der Waals surface area contributed by atoms with Gasteiger partial charge in [-0.25, -0.2) is 9.07 Å². The molecule has 2 heterocycles. The van der Waals surface area contributed by atoms with Crippen LogP contribution in [0.25, 0.3) is 16.9 Å². The summed E-state index contributed by atoms with van der Waals surface area (Å²) in [6.45, 7) is 0.705. The van der Waals surface area contributed by atoms with Gasteiger partial charge in [0.15, 0.2) is 0 Å². The van der Waals surface area contributed by atoms with Gasteiger partial charge in [0.1, 0.15) is 11.6 Å². The number of rotatable bonds is 2. The Bertz CT molecular complexity index is 926. The van der Waals surface area contributed by atoms with E-state index in [0.29, 0.717) is 23.5 Å². The van der Waals surface area contributed by atoms with Crippen molar-refractivity contribution in [2.75, 3.05) is 11.9 Å². The first-order valence-corrected chi connectivity index (χ1v) is 7.73. The fourth-order valence-corrected chi connectivity index (χ4v) is 3.02. The highest BCUT2D eigenvalue weighted by Gasteiger charge is 2.30. The number of halogens is 4. The molecule has 0 aliphatic carbocycles. The average Bonchev–Trinajstić information content (AvgIpc) is 3.16. The maximum absolute atomic E-state index is 13.5. The Morgan fingerprint density at radius 2 is 1.80 bits per heavy atom. The van der Waals surface area contributed by atoms with E-state index in [9.17, 15) is 17.6 Å². The van der Waals surface area contributed by atoms with Crippen molar-refractivity contribution < 1.29 is 17.6 Å². The minimum absolute atomic E-state index is 0.360. The van der Waals surface area contributed by atoms with Crippen LogP contribution in [0.2, 0.25) is 0 Å². The quantitative estimate of drug-likeness (QED) is 0.683. The van der Waals surface area contributed by atoms with Crippen LogP contribution in [0.3, 0.4) is 0 Å². The number of benzene rings is 2. The highest BCUT2D eigenvalue weighted by atomic mass is 19.4. The number of aromatic nitrogens is 2. The molecule has 1 aliphatic heterocycles. The van der Waals surface area contributed by atoms with E-state index in [0.717, 1.165) is 29.9 Å². The highest BCUT2D eigenvalue weighted by molar-refractivity contribution is 5.72. The molecule has 1 N–H and O–H groups in total. The molecule has 0 bridgehead atoms. The van der Waals surface area contributed by atoms with Crippen LogP contribution in [-0.2, 0) is 12.6 Å². The Morgan fingerprint density at radius 1 is 1.04 bits per heavy atom. The SMILES string of the molecule is Fc1cccc(-c2nn(-c3ccc(C(F)(F)F)cc3)c3c2CCN3)c1. The van der Waals surface area contributed by atoms with Crippen molar-refractivity contribution in [1.82, 2.24) is 9.78 Å². The summed E-state index contributed by atoms with van der Waals surface area (Å²) in [5.41, 5.74) is 2.02. The summed E-state index contributed by atoms with van der Waals surface area (Å²) in [6.07, 6.45) is -3.66. The number of nitrogens with one attached hydrogen (secondary N) is 1. The molecular weight excluding hydrogens is 334 g/mol. The van der Waals surface area contributed by atoms with Crippen LogP contribution in [0.5, 0.6) is 0 Å². The van der Waals surface area contributed by atoms with Crippen LogP contribution in [-0.4, -0.2) is 16.3 Å². The summed E-state index contributed by atoms with van der Waals surface area (Å²) in [4.78, 5) is 0. The van der Waals surface area contributed by atoms with Crippen molar-refractivity contribution in [3.63, 3.8) is 0 Å². The molecule has 0 saturated carbocycles. The molecule has 2 aromatic carbocycles. The van der Waals surface area contributed by atoms with Gasteiger partial charge in [-0.05, 0) is 42.8 Å². The second-order valence-corrected chi connectivity index (χ2v) is 5.82. The molecule has 0 saturated heterocycles. The first-order valence-electron chi connectivity index (χ1n) is 7.73. The lowest BCUT2D eigenvalue weighted by Gasteiger charge is -2.09. The molecule has 0 amide bonds. The second-order valence-electron chi connectivity index (χ2n) is 5.82. The molecule has 128 valence electrons. The normalized spacial score (nSPS) is 13.6. The van der Waals surface area contributed by atoms with Gasteiger partial charge in [0.2, 0.25) is 0 Å². The van der Waals surface area contributed by atoms with Crippen LogP contribution < -0.4 is 5.32 Å². The minimum Gasteiger partial charge on any atom is -0.369 e. The van der Waals surface area contributed by atoms with E-state index in [4.69, 9.17) is 0 Å². The molecule has 1 aromatic heterocycles. The van der Waals surface area contributed by atoms with Gasteiger partial charge in [0.05, 0.1) is 16.9 Å². The summed E-state index contributed by atoms with van der Waals surface area (Å²) in [6, 6.07) is 10.9. The predicted octanol–water partition coefficient (Wildman–Crippen LogP) is 4.67. The summed E-state index contributed by atoms with van der Waals surface area (Å²) >= 11 is 0. The number of alkyl halides is 3. The van der Waals surface area contributed by atoms with Gasteiger partial charge in [-0.15, -0.1) is 0 Å². The summed E-state index contributed by atoms with van der Waals surface area (Å²) in [5, 5.41) is 7.71. The molecule has 0 unspecified atom stereocenters. The average molecular weight is 347 g/mol. The van der Waals surface area contributed by atoms with Crippen LogP contribution in [0.4, 0.5) is 23.4 Å². The van der Waals surface area contributed by atoms with Gasteiger partial charge in [-0.2, -0.15) is 18.3 Å². The van der Waals surface area contributed by atoms with Crippen molar-refractivity contribution >= 4 is 5.82 Å². The topological polar surface area (TPSA) is 29.9 Å². The van der Waals surface area contributed by atoms with E-state index in [1.807, 2.05) is 0 Å². The van der Waals surface area contributed by atoms with Gasteiger partial charge < -0.3 is 5.32 Å². The Morgan fingerprint density at radius 3 is 2.48 bits per heavy atom. The van der Waals surface area contributed by atoms with Gasteiger partial charge in [-0.3, -0.25) is 0 Å². The van der Waals surface area contributed by atoms with Crippen molar-refractivity contribution in [3.05, 3.63) is 65.5 Å². The Kier molecular flexibility index (Phi) is 3.52. The van der Waals surface area contributed by atoms with Crippen molar-refractivity contribution in [1.29, 1.82) is 0 Å². The zero-order valence-electron chi connectivity index (χ0n) is 12.9. The smallest absolute Gasteiger partial charge is 0.369 e. The van der Waals surface area contributed by atoms with E-state index < -0.39 is 11.7 Å².